The molecule has 7 heteroatoms. The Balaban J connectivity index is 2.29. The lowest BCUT2D eigenvalue weighted by atomic mass is 10.3. The van der Waals surface area contributed by atoms with E-state index in [1.807, 2.05) is 12.1 Å². The van der Waals surface area contributed by atoms with Gasteiger partial charge in [-0.05, 0) is 35.5 Å². The Morgan fingerprint density at radius 3 is 2.88 bits per heavy atom. The molecular weight excluding hydrogens is 220 g/mol. The molecule has 2 aromatic rings. The smallest absolute Gasteiger partial charge is 0.318 e. The number of benzene rings is 1. The fourth-order valence-electron chi connectivity index (χ4n) is 1.38. The van der Waals surface area contributed by atoms with E-state index in [1.165, 1.54) is 0 Å². The van der Waals surface area contributed by atoms with Crippen molar-refractivity contribution in [3.8, 4) is 5.69 Å². The maximum absolute atomic E-state index is 11.2. The third kappa shape index (κ3) is 2.39. The van der Waals surface area contributed by atoms with Crippen LogP contribution < -0.4 is 10.6 Å². The highest BCUT2D eigenvalue weighted by Crippen LogP contribution is 2.14. The summed E-state index contributed by atoms with van der Waals surface area (Å²) in [7, 11) is 1.56. The zero-order valence-electron chi connectivity index (χ0n) is 9.51. The number of carbonyl (C=O) groups excluding carboxylic acids is 1. The minimum Gasteiger partial charge on any atom is -0.341 e. The molecule has 0 spiro atoms. The number of urea groups is 1. The van der Waals surface area contributed by atoms with Gasteiger partial charge in [-0.1, -0.05) is 6.07 Å². The summed E-state index contributed by atoms with van der Waals surface area (Å²) in [5.41, 5.74) is 1.47. The van der Waals surface area contributed by atoms with Gasteiger partial charge in [0.25, 0.3) is 0 Å². The third-order valence-electron chi connectivity index (χ3n) is 2.20. The van der Waals surface area contributed by atoms with Crippen molar-refractivity contribution in [3.63, 3.8) is 0 Å². The summed E-state index contributed by atoms with van der Waals surface area (Å²) in [6, 6.07) is 6.99. The molecule has 2 amide bonds. The Labute approximate surface area is 97.8 Å². The van der Waals surface area contributed by atoms with Crippen LogP contribution in [-0.4, -0.2) is 33.3 Å². The Bertz CT molecular complexity index is 535. The number of hydrogen-bond acceptors (Lipinski definition) is 4. The van der Waals surface area contributed by atoms with E-state index in [1.54, 1.807) is 30.8 Å². The lowest BCUT2D eigenvalue weighted by molar-refractivity contribution is 0.254. The summed E-state index contributed by atoms with van der Waals surface area (Å²) in [5, 5.41) is 16.4. The normalized spacial score (nSPS) is 10.0. The largest absolute Gasteiger partial charge is 0.341 e. The first kappa shape index (κ1) is 11.1. The van der Waals surface area contributed by atoms with Crippen LogP contribution in [0.1, 0.15) is 5.82 Å². The van der Waals surface area contributed by atoms with Crippen LogP contribution in [0.15, 0.2) is 24.3 Å². The summed E-state index contributed by atoms with van der Waals surface area (Å²) >= 11 is 0. The molecule has 0 saturated carbocycles. The number of tetrazole rings is 1. The van der Waals surface area contributed by atoms with Gasteiger partial charge in [0, 0.05) is 12.7 Å². The van der Waals surface area contributed by atoms with E-state index >= 15 is 0 Å². The van der Waals surface area contributed by atoms with Gasteiger partial charge in [-0.15, -0.1) is 5.10 Å². The van der Waals surface area contributed by atoms with E-state index in [9.17, 15) is 4.79 Å². The highest BCUT2D eigenvalue weighted by molar-refractivity contribution is 5.89. The molecule has 0 unspecified atom stereocenters. The average Bonchev–Trinajstić information content (AvgIpc) is 2.75. The van der Waals surface area contributed by atoms with Crippen LogP contribution in [0.4, 0.5) is 10.5 Å². The number of aromatic nitrogens is 4. The number of rotatable bonds is 2. The molecule has 1 aromatic carbocycles. The Hall–Kier alpha value is -2.44. The number of hydrogen-bond donors (Lipinski definition) is 2. The zero-order valence-corrected chi connectivity index (χ0v) is 9.51. The maximum atomic E-state index is 11.2. The lowest BCUT2D eigenvalue weighted by Crippen LogP contribution is -2.24. The fourth-order valence-corrected chi connectivity index (χ4v) is 1.38. The van der Waals surface area contributed by atoms with Crippen LogP contribution in [0.2, 0.25) is 0 Å². The molecule has 0 radical (unpaired) electrons. The minimum absolute atomic E-state index is 0.268. The number of aryl methyl sites for hydroxylation is 1. The first-order valence-electron chi connectivity index (χ1n) is 5.05. The van der Waals surface area contributed by atoms with Gasteiger partial charge in [-0.25, -0.2) is 4.79 Å². The van der Waals surface area contributed by atoms with E-state index in [0.29, 0.717) is 11.5 Å². The van der Waals surface area contributed by atoms with Crippen molar-refractivity contribution in [3.05, 3.63) is 30.1 Å². The fraction of sp³-hybridized carbons (Fsp3) is 0.200. The lowest BCUT2D eigenvalue weighted by Gasteiger charge is -2.06. The number of nitrogens with one attached hydrogen (secondary N) is 2. The molecule has 2 N–H and O–H groups in total. The van der Waals surface area contributed by atoms with Crippen LogP contribution in [0.3, 0.4) is 0 Å². The molecule has 7 nitrogen and oxygen atoms in total. The molecule has 0 bridgehead atoms. The van der Waals surface area contributed by atoms with Crippen molar-refractivity contribution < 1.29 is 4.79 Å². The minimum atomic E-state index is -0.268. The maximum Gasteiger partial charge on any atom is 0.318 e. The van der Waals surface area contributed by atoms with Gasteiger partial charge in [-0.3, -0.25) is 0 Å². The van der Waals surface area contributed by atoms with E-state index in [-0.39, 0.29) is 6.03 Å². The van der Waals surface area contributed by atoms with Gasteiger partial charge in [0.1, 0.15) is 0 Å². The predicted octanol–water partition coefficient (Wildman–Crippen LogP) is 0.722. The molecule has 88 valence electrons. The van der Waals surface area contributed by atoms with Crippen molar-refractivity contribution in [1.29, 1.82) is 0 Å². The number of amides is 2. The van der Waals surface area contributed by atoms with Crippen LogP contribution in [-0.2, 0) is 0 Å². The van der Waals surface area contributed by atoms with E-state index in [4.69, 9.17) is 0 Å². The van der Waals surface area contributed by atoms with Gasteiger partial charge in [0.05, 0.1) is 5.69 Å². The molecule has 0 aliphatic rings. The molecule has 1 aromatic heterocycles. The zero-order chi connectivity index (χ0) is 12.3. The summed E-state index contributed by atoms with van der Waals surface area (Å²) in [4.78, 5) is 11.2. The third-order valence-corrected chi connectivity index (χ3v) is 2.20. The van der Waals surface area contributed by atoms with Crippen molar-refractivity contribution in [2.75, 3.05) is 12.4 Å². The van der Waals surface area contributed by atoms with Gasteiger partial charge >= 0.3 is 6.03 Å². The standard InChI is InChI=1S/C10H12N6O/c1-7-13-14-15-16(7)9-5-3-4-8(6-9)12-10(17)11-2/h3-6H,1-2H3,(H2,11,12,17). The van der Waals surface area contributed by atoms with E-state index in [2.05, 4.69) is 26.2 Å². The second-order valence-electron chi connectivity index (χ2n) is 3.39. The quantitative estimate of drug-likeness (QED) is 0.799. The van der Waals surface area contributed by atoms with Crippen LogP contribution in [0.25, 0.3) is 5.69 Å². The van der Waals surface area contributed by atoms with Crippen LogP contribution in [0, 0.1) is 6.92 Å². The van der Waals surface area contributed by atoms with Crippen molar-refractivity contribution in [1.82, 2.24) is 25.5 Å². The van der Waals surface area contributed by atoms with Gasteiger partial charge in [-0.2, -0.15) is 4.68 Å². The summed E-state index contributed by atoms with van der Waals surface area (Å²) in [5.74, 6) is 0.682. The molecule has 17 heavy (non-hydrogen) atoms. The highest BCUT2D eigenvalue weighted by atomic mass is 16.2. The Morgan fingerprint density at radius 1 is 1.41 bits per heavy atom. The predicted molar refractivity (Wildman–Crippen MR) is 62.0 cm³/mol. The second-order valence-corrected chi connectivity index (χ2v) is 3.39. The number of nitrogens with zero attached hydrogens (tertiary/aromatic N) is 4. The molecule has 1 heterocycles. The van der Waals surface area contributed by atoms with Crippen LogP contribution in [0.5, 0.6) is 0 Å². The number of anilines is 1. The monoisotopic (exact) mass is 232 g/mol. The molecule has 0 fully saturated rings. The van der Waals surface area contributed by atoms with E-state index in [0.717, 1.165) is 5.69 Å². The van der Waals surface area contributed by atoms with E-state index < -0.39 is 0 Å². The average molecular weight is 232 g/mol. The van der Waals surface area contributed by atoms with Crippen molar-refractivity contribution >= 4 is 11.7 Å². The molecule has 0 atom stereocenters. The Morgan fingerprint density at radius 2 is 2.24 bits per heavy atom. The van der Waals surface area contributed by atoms with Crippen LogP contribution >= 0.6 is 0 Å². The van der Waals surface area contributed by atoms with Crippen molar-refractivity contribution in [2.45, 2.75) is 6.92 Å². The van der Waals surface area contributed by atoms with Gasteiger partial charge in [0.15, 0.2) is 5.82 Å². The topological polar surface area (TPSA) is 84.7 Å². The van der Waals surface area contributed by atoms with Gasteiger partial charge in [0.2, 0.25) is 0 Å². The highest BCUT2D eigenvalue weighted by Gasteiger charge is 2.05. The molecule has 0 aliphatic heterocycles. The summed E-state index contributed by atoms with van der Waals surface area (Å²) in [6.07, 6.45) is 0. The molecular formula is C10H12N6O. The first-order chi connectivity index (χ1) is 8.20. The summed E-state index contributed by atoms with van der Waals surface area (Å²) in [6.45, 7) is 1.80. The SMILES string of the molecule is CNC(=O)Nc1cccc(-n2nnnc2C)c1. The summed E-state index contributed by atoms with van der Waals surface area (Å²) < 4.78 is 1.59. The Kier molecular flexibility index (Phi) is 2.99. The molecule has 0 aliphatic carbocycles. The number of carbonyl (C=O) groups is 1. The van der Waals surface area contributed by atoms with Gasteiger partial charge < -0.3 is 10.6 Å². The molecule has 2 rings (SSSR count). The first-order valence-corrected chi connectivity index (χ1v) is 5.05. The molecule has 0 saturated heterocycles. The second kappa shape index (κ2) is 4.60. The van der Waals surface area contributed by atoms with Crippen molar-refractivity contribution in [2.24, 2.45) is 0 Å².